The Hall–Kier alpha value is 0. The van der Waals surface area contributed by atoms with Crippen LogP contribution < -0.4 is 0 Å². The van der Waals surface area contributed by atoms with Crippen molar-refractivity contribution in [1.82, 2.24) is 0 Å². The zero-order valence-electron chi connectivity index (χ0n) is 55.2. The smallest absolute Gasteiger partial charge is 0.0173 e. The van der Waals surface area contributed by atoms with Crippen LogP contribution >= 0.6 is 0 Å². The van der Waals surface area contributed by atoms with E-state index in [0.717, 1.165) is 44.3 Å². The summed E-state index contributed by atoms with van der Waals surface area (Å²) < 4.78 is 0. The minimum Gasteiger partial charge on any atom is -0.0527 e. The Morgan fingerprint density at radius 3 is 0.274 bits per heavy atom. The summed E-state index contributed by atoms with van der Waals surface area (Å²) in [7, 11) is 0. The molecule has 0 spiro atoms. The Balaban J connectivity index is 0.695. The van der Waals surface area contributed by atoms with Gasteiger partial charge in [0.15, 0.2) is 0 Å². The molecular formula is C84H128. The van der Waals surface area contributed by atoms with E-state index in [-0.39, 0.29) is 0 Å². The third-order valence-electron chi connectivity index (χ3n) is 43.3. The topological polar surface area (TPSA) is 0 Å². The molecule has 0 heterocycles. The van der Waals surface area contributed by atoms with Gasteiger partial charge in [0.1, 0.15) is 0 Å². The molecule has 21 saturated carbocycles. The average molecular weight is 1140 g/mol. The molecule has 21 aliphatic carbocycles. The molecule has 0 atom stereocenters. The molecule has 464 valence electrons. The summed E-state index contributed by atoms with van der Waals surface area (Å²) in [4.78, 5) is 0. The molecular weight excluding hydrogens is 1010 g/mol. The van der Waals surface area contributed by atoms with Crippen molar-refractivity contribution in [3.8, 4) is 0 Å². The van der Waals surface area contributed by atoms with Crippen LogP contribution in [0.3, 0.4) is 0 Å². The van der Waals surface area contributed by atoms with E-state index in [1.165, 1.54) is 0 Å². The van der Waals surface area contributed by atoms with Gasteiger partial charge in [-0.05, 0) is 384 Å². The minimum absolute atomic E-state index is 0.676. The lowest BCUT2D eigenvalue weighted by molar-refractivity contribution is -0.432. The van der Waals surface area contributed by atoms with Crippen LogP contribution in [0.25, 0.3) is 0 Å². The van der Waals surface area contributed by atoms with Crippen molar-refractivity contribution in [3.63, 3.8) is 0 Å². The molecule has 0 amide bonds. The fourth-order valence-electron chi connectivity index (χ4n) is 38.7. The Kier molecular flexibility index (Phi) is 10.6. The first-order valence-corrected chi connectivity index (χ1v) is 41.1. The molecule has 0 N–H and O–H groups in total. The lowest BCUT2D eigenvalue weighted by Gasteiger charge is -2.92. The first kappa shape index (κ1) is 53.5. The van der Waals surface area contributed by atoms with Crippen LogP contribution in [0.2, 0.25) is 0 Å². The van der Waals surface area contributed by atoms with Crippen LogP contribution in [0.15, 0.2) is 0 Å². The highest BCUT2D eigenvalue weighted by Gasteiger charge is 2.92. The maximum atomic E-state index is 1.72. The molecule has 0 bridgehead atoms. The van der Waals surface area contributed by atoms with Crippen LogP contribution in [0.5, 0.6) is 0 Å². The fraction of sp³-hybridized carbons (Fsp3) is 1.00. The number of rotatable bonds is 20. The van der Waals surface area contributed by atoms with Gasteiger partial charge in [-0.3, -0.25) is 0 Å². The van der Waals surface area contributed by atoms with Gasteiger partial charge in [0.05, 0.1) is 0 Å². The Morgan fingerprint density at radius 2 is 0.214 bits per heavy atom. The van der Waals surface area contributed by atoms with Crippen LogP contribution in [0, 0.1) is 115 Å². The van der Waals surface area contributed by atoms with Crippen LogP contribution in [0.1, 0.15) is 405 Å². The third kappa shape index (κ3) is 4.71. The van der Waals surface area contributed by atoms with Crippen molar-refractivity contribution in [1.29, 1.82) is 0 Å². The SMILES string of the molecule is C1CC(C2(C3(C4(C5(C6(C7(C8(C9(C%10(C%11(C%12(C%13(C%14(C%15(C%16(C%17(C%18(C%19(C%20(C%21CCC%21)CCC%20)CCC%19)CCC%18)CCC%17)CCC%16)CCC%15)CCC%14)CCC%13)CCC%12)CCC%11)CCC%10)CCC9)CCC8)CCC7)CCC6)CCC5)CCC4)CCC3)CCC2)C1. The first-order chi connectivity index (χ1) is 41.1. The Morgan fingerprint density at radius 1 is 0.107 bits per heavy atom. The second-order valence-electron chi connectivity index (χ2n) is 40.2. The van der Waals surface area contributed by atoms with Gasteiger partial charge in [-0.25, -0.2) is 0 Å². The molecule has 0 saturated heterocycles. The van der Waals surface area contributed by atoms with Crippen LogP contribution in [0.4, 0.5) is 0 Å². The molecule has 0 aromatic carbocycles. The molecule has 0 unspecified atom stereocenters. The monoisotopic (exact) mass is 1140 g/mol. The van der Waals surface area contributed by atoms with E-state index in [1.807, 2.05) is 0 Å². The Labute approximate surface area is 516 Å². The molecule has 21 aliphatic rings. The van der Waals surface area contributed by atoms with Crippen molar-refractivity contribution >= 4 is 0 Å². The summed E-state index contributed by atoms with van der Waals surface area (Å²) >= 11 is 0. The average Bonchev–Trinajstić information content (AvgIpc) is 3.19. The zero-order valence-corrected chi connectivity index (χ0v) is 55.2. The van der Waals surface area contributed by atoms with E-state index < -0.39 is 0 Å². The Bertz CT molecular complexity index is 2450. The van der Waals surface area contributed by atoms with E-state index in [1.54, 1.807) is 405 Å². The van der Waals surface area contributed by atoms with Gasteiger partial charge in [0.2, 0.25) is 0 Å². The van der Waals surface area contributed by atoms with E-state index >= 15 is 0 Å². The molecule has 21 rings (SSSR count). The lowest BCUT2D eigenvalue weighted by Crippen LogP contribution is -2.84. The van der Waals surface area contributed by atoms with Crippen molar-refractivity contribution in [2.24, 2.45) is 115 Å². The van der Waals surface area contributed by atoms with Gasteiger partial charge in [0, 0.05) is 0 Å². The molecule has 0 radical (unpaired) electrons. The van der Waals surface area contributed by atoms with E-state index in [0.29, 0.717) is 70.4 Å². The summed E-state index contributed by atoms with van der Waals surface area (Å²) in [5, 5.41) is 0. The van der Waals surface area contributed by atoms with Gasteiger partial charge >= 0.3 is 0 Å². The quantitative estimate of drug-likeness (QED) is 0.114. The molecule has 0 aromatic heterocycles. The molecule has 21 fully saturated rings. The fourth-order valence-corrected chi connectivity index (χ4v) is 38.7. The van der Waals surface area contributed by atoms with Gasteiger partial charge in [-0.1, -0.05) is 135 Å². The normalized spacial score (nSPS) is 41.0. The molecule has 0 aromatic rings. The predicted octanol–water partition coefficient (Wildman–Crippen LogP) is 24.8. The van der Waals surface area contributed by atoms with Gasteiger partial charge in [-0.2, -0.15) is 0 Å². The maximum Gasteiger partial charge on any atom is -0.0173 e. The summed E-state index contributed by atoms with van der Waals surface area (Å²) in [6.45, 7) is 0. The summed E-state index contributed by atoms with van der Waals surface area (Å²) in [6.07, 6.45) is 105. The van der Waals surface area contributed by atoms with Gasteiger partial charge in [0.25, 0.3) is 0 Å². The summed E-state index contributed by atoms with van der Waals surface area (Å²) in [5.74, 6) is 2.25. The summed E-state index contributed by atoms with van der Waals surface area (Å²) in [6, 6.07) is 0. The summed E-state index contributed by atoms with van der Waals surface area (Å²) in [5.41, 5.74) is 13.4. The second-order valence-corrected chi connectivity index (χ2v) is 40.2. The molecule has 0 heteroatoms. The van der Waals surface area contributed by atoms with Gasteiger partial charge < -0.3 is 0 Å². The third-order valence-corrected chi connectivity index (χ3v) is 43.3. The van der Waals surface area contributed by atoms with E-state index in [4.69, 9.17) is 0 Å². The van der Waals surface area contributed by atoms with Crippen molar-refractivity contribution in [2.45, 2.75) is 405 Å². The largest absolute Gasteiger partial charge is 0.0527 e. The standard InChI is InChI=1S/C84H128/c1-22-64(23-1)66(26-3-27-66)68(30-5-31-68)70(34-7-35-70)72(38-9-39-72)74(42-11-43-74)76(46-13-47-76)78(50-15-51-78)80(54-17-55-80)82(58-19-59-82)84(62-21-63-84)83(60-20-61-83)81(56-18-57-81)79(52-16-53-79)77(48-14-49-77)75(44-12-45-75)73(40-10-41-73)71(36-8-37-71)69(32-6-33-69)67(28-4-29-67)65-24-2-25-65/h64-65H,1-63H2. The van der Waals surface area contributed by atoms with Crippen molar-refractivity contribution < 1.29 is 0 Å². The highest BCUT2D eigenvalue weighted by atomic mass is 15.0. The highest BCUT2D eigenvalue weighted by Crippen LogP contribution is 3.00. The van der Waals surface area contributed by atoms with Crippen LogP contribution in [-0.2, 0) is 0 Å². The van der Waals surface area contributed by atoms with E-state index in [9.17, 15) is 0 Å². The van der Waals surface area contributed by atoms with Crippen LogP contribution in [-0.4, -0.2) is 0 Å². The zero-order chi connectivity index (χ0) is 55.2. The lowest BCUT2D eigenvalue weighted by atomic mass is 9.12. The molecule has 0 aliphatic heterocycles. The van der Waals surface area contributed by atoms with Crippen molar-refractivity contribution in [2.75, 3.05) is 0 Å². The number of hydrogen-bond acceptors (Lipinski definition) is 0. The second kappa shape index (κ2) is 16.7. The van der Waals surface area contributed by atoms with Crippen molar-refractivity contribution in [3.05, 3.63) is 0 Å². The minimum atomic E-state index is 0.676. The van der Waals surface area contributed by atoms with E-state index in [2.05, 4.69) is 0 Å². The van der Waals surface area contributed by atoms with Gasteiger partial charge in [-0.15, -0.1) is 0 Å². The maximum absolute atomic E-state index is 1.72. The molecule has 84 heavy (non-hydrogen) atoms. The molecule has 0 nitrogen and oxygen atoms in total. The predicted molar refractivity (Wildman–Crippen MR) is 344 cm³/mol. The highest BCUT2D eigenvalue weighted by molar-refractivity contribution is 5.41. The first-order valence-electron chi connectivity index (χ1n) is 41.1. The number of hydrogen-bond donors (Lipinski definition) is 0.